The summed E-state index contributed by atoms with van der Waals surface area (Å²) in [7, 11) is 0. The molecule has 8 atom stereocenters. The maximum absolute atomic E-state index is 12.2. The zero-order chi connectivity index (χ0) is 25.6. The molecule has 0 aromatic carbocycles. The molecule has 8 nitrogen and oxygen atoms in total. The number of hydrogen-bond acceptors (Lipinski definition) is 7. The van der Waals surface area contributed by atoms with E-state index in [9.17, 15) is 24.3 Å². The van der Waals surface area contributed by atoms with Crippen molar-refractivity contribution in [3.8, 4) is 0 Å². The van der Waals surface area contributed by atoms with E-state index < -0.39 is 29.7 Å². The molecular weight excluding hydrogens is 452 g/mol. The molecule has 196 valence electrons. The predicted molar refractivity (Wildman–Crippen MR) is 125 cm³/mol. The first-order chi connectivity index (χ1) is 16.4. The maximum Gasteiger partial charge on any atom is 0.372 e. The number of ketones is 1. The van der Waals surface area contributed by atoms with Crippen molar-refractivity contribution in [3.05, 3.63) is 0 Å². The van der Waals surface area contributed by atoms with E-state index in [0.717, 1.165) is 57.8 Å². The lowest BCUT2D eigenvalue weighted by atomic mass is 9.43. The Kier molecular flexibility index (Phi) is 7.08. The standard InChI is InChI=1S/C27H40O8/c1-16(28)35-19-7-10-25(2)18(14-19)4-5-21-20(25)8-11-26(3)17(6-12-27(21,26)33)9-13-34-23(30)15-22(29)24(31)32/h17-21,33H,4-15H2,1-3H3,(H,31,32)/t17-,18-,19+,20+,21-,25+,26-,27+/m1/s1. The van der Waals surface area contributed by atoms with Crippen molar-refractivity contribution >= 4 is 23.7 Å². The van der Waals surface area contributed by atoms with Crippen molar-refractivity contribution in [2.45, 2.75) is 103 Å². The van der Waals surface area contributed by atoms with Gasteiger partial charge in [-0.25, -0.2) is 4.79 Å². The summed E-state index contributed by atoms with van der Waals surface area (Å²) in [5.41, 5.74) is -0.846. The van der Waals surface area contributed by atoms with E-state index in [1.54, 1.807) is 0 Å². The molecule has 35 heavy (non-hydrogen) atoms. The van der Waals surface area contributed by atoms with Gasteiger partial charge in [0.25, 0.3) is 5.78 Å². The van der Waals surface area contributed by atoms with E-state index in [1.165, 1.54) is 6.92 Å². The number of carbonyl (C=O) groups is 4. The molecule has 0 amide bonds. The fourth-order valence-corrected chi connectivity index (χ4v) is 8.67. The molecule has 4 fully saturated rings. The van der Waals surface area contributed by atoms with E-state index in [-0.39, 0.29) is 41.3 Å². The summed E-state index contributed by atoms with van der Waals surface area (Å²) in [5, 5.41) is 20.9. The lowest BCUT2D eigenvalue weighted by molar-refractivity contribution is -0.212. The third-order valence-electron chi connectivity index (χ3n) is 10.6. The van der Waals surface area contributed by atoms with Gasteiger partial charge in [-0.05, 0) is 98.7 Å². The van der Waals surface area contributed by atoms with Gasteiger partial charge in [0.15, 0.2) is 0 Å². The Morgan fingerprint density at radius 3 is 2.37 bits per heavy atom. The van der Waals surface area contributed by atoms with Gasteiger partial charge in [-0.2, -0.15) is 0 Å². The zero-order valence-electron chi connectivity index (χ0n) is 21.2. The summed E-state index contributed by atoms with van der Waals surface area (Å²) in [6, 6.07) is 0. The molecule has 0 aromatic heterocycles. The van der Waals surface area contributed by atoms with Crippen LogP contribution in [0.15, 0.2) is 0 Å². The molecule has 0 spiro atoms. The lowest BCUT2D eigenvalue weighted by Gasteiger charge is -2.63. The average Bonchev–Trinajstić information content (AvgIpc) is 3.04. The van der Waals surface area contributed by atoms with Gasteiger partial charge in [0.1, 0.15) is 12.5 Å². The molecule has 0 heterocycles. The number of rotatable bonds is 7. The van der Waals surface area contributed by atoms with Crippen LogP contribution < -0.4 is 0 Å². The van der Waals surface area contributed by atoms with Crippen LogP contribution in [0.4, 0.5) is 0 Å². The van der Waals surface area contributed by atoms with Gasteiger partial charge in [0.2, 0.25) is 0 Å². The minimum atomic E-state index is -1.63. The molecule has 0 saturated heterocycles. The fraction of sp³-hybridized carbons (Fsp3) is 0.852. The first kappa shape index (κ1) is 26.1. The minimum absolute atomic E-state index is 0.0171. The normalized spacial score (nSPS) is 42.2. The highest BCUT2D eigenvalue weighted by molar-refractivity contribution is 6.35. The van der Waals surface area contributed by atoms with Gasteiger partial charge in [0.05, 0.1) is 12.2 Å². The van der Waals surface area contributed by atoms with Crippen molar-refractivity contribution in [1.82, 2.24) is 0 Å². The number of Topliss-reactive ketones (excluding diaryl/α,β-unsaturated/α-hetero) is 1. The predicted octanol–water partition coefficient (Wildman–Crippen LogP) is 3.67. The molecule has 8 heteroatoms. The van der Waals surface area contributed by atoms with E-state index in [0.29, 0.717) is 18.3 Å². The highest BCUT2D eigenvalue weighted by Gasteiger charge is 2.67. The molecule has 4 aliphatic rings. The summed E-state index contributed by atoms with van der Waals surface area (Å²) >= 11 is 0. The van der Waals surface area contributed by atoms with Gasteiger partial charge in [-0.15, -0.1) is 0 Å². The number of aliphatic carboxylic acids is 1. The monoisotopic (exact) mass is 492 g/mol. The first-order valence-electron chi connectivity index (χ1n) is 13.2. The van der Waals surface area contributed by atoms with Gasteiger partial charge in [-0.1, -0.05) is 13.8 Å². The number of ether oxygens (including phenoxy) is 2. The van der Waals surface area contributed by atoms with Gasteiger partial charge >= 0.3 is 17.9 Å². The van der Waals surface area contributed by atoms with Gasteiger partial charge in [0, 0.05) is 6.92 Å². The molecule has 4 aliphatic carbocycles. The third kappa shape index (κ3) is 4.51. The van der Waals surface area contributed by atoms with E-state index in [1.807, 2.05) is 0 Å². The molecule has 0 radical (unpaired) electrons. The van der Waals surface area contributed by atoms with Crippen LogP contribution in [-0.4, -0.2) is 52.2 Å². The molecular formula is C27H40O8. The van der Waals surface area contributed by atoms with E-state index >= 15 is 0 Å². The van der Waals surface area contributed by atoms with Crippen LogP contribution in [0.3, 0.4) is 0 Å². The van der Waals surface area contributed by atoms with Gasteiger partial charge < -0.3 is 19.7 Å². The Hall–Kier alpha value is -1.96. The summed E-state index contributed by atoms with van der Waals surface area (Å²) in [5.74, 6) is -2.38. The Morgan fingerprint density at radius 2 is 1.69 bits per heavy atom. The quantitative estimate of drug-likeness (QED) is 0.313. The number of esters is 2. The molecule has 2 N–H and O–H groups in total. The second kappa shape index (κ2) is 9.49. The fourth-order valence-electron chi connectivity index (χ4n) is 8.67. The number of fused-ring (bicyclic) bond motifs is 5. The Balaban J connectivity index is 1.40. The van der Waals surface area contributed by atoms with Crippen LogP contribution >= 0.6 is 0 Å². The topological polar surface area (TPSA) is 127 Å². The second-order valence-corrected chi connectivity index (χ2v) is 12.0. The van der Waals surface area contributed by atoms with Crippen LogP contribution in [0.25, 0.3) is 0 Å². The highest BCUT2D eigenvalue weighted by atomic mass is 16.5. The smallest absolute Gasteiger partial charge is 0.372 e. The van der Waals surface area contributed by atoms with Crippen molar-refractivity contribution < 1.29 is 38.9 Å². The number of aliphatic hydroxyl groups is 1. The number of hydrogen-bond donors (Lipinski definition) is 2. The van der Waals surface area contributed by atoms with Crippen LogP contribution in [0.1, 0.15) is 91.4 Å². The molecule has 4 rings (SSSR count). The van der Waals surface area contributed by atoms with Crippen molar-refractivity contribution in [2.24, 2.45) is 34.5 Å². The van der Waals surface area contributed by atoms with Crippen LogP contribution in [0.5, 0.6) is 0 Å². The summed E-state index contributed by atoms with van der Waals surface area (Å²) in [6.07, 6.45) is 8.37. The number of carboxylic acid groups (broad SMARTS) is 1. The molecule has 0 aliphatic heterocycles. The van der Waals surface area contributed by atoms with E-state index in [4.69, 9.17) is 14.6 Å². The van der Waals surface area contributed by atoms with Gasteiger partial charge in [-0.3, -0.25) is 14.4 Å². The largest absolute Gasteiger partial charge is 0.475 e. The van der Waals surface area contributed by atoms with E-state index in [2.05, 4.69) is 13.8 Å². The highest BCUT2D eigenvalue weighted by Crippen LogP contribution is 2.69. The molecule has 0 unspecified atom stereocenters. The molecule has 0 bridgehead atoms. The second-order valence-electron chi connectivity index (χ2n) is 12.0. The lowest BCUT2D eigenvalue weighted by Crippen LogP contribution is -2.62. The average molecular weight is 493 g/mol. The zero-order valence-corrected chi connectivity index (χ0v) is 21.2. The Bertz CT molecular complexity index is 884. The number of carbonyl (C=O) groups excluding carboxylic acids is 3. The SMILES string of the molecule is CC(=O)O[C@H]1CC[C@@]2(C)[C@H](CC[C@@H]3[C@@H]2CC[C@]2(C)[C@@H](CCOC(=O)CC(=O)C(=O)O)CC[C@]32O)C1. The van der Waals surface area contributed by atoms with Crippen LogP contribution in [0.2, 0.25) is 0 Å². The van der Waals surface area contributed by atoms with Crippen LogP contribution in [0, 0.1) is 34.5 Å². The Labute approximate surface area is 207 Å². The summed E-state index contributed by atoms with van der Waals surface area (Å²) < 4.78 is 10.7. The maximum atomic E-state index is 12.2. The third-order valence-corrected chi connectivity index (χ3v) is 10.6. The Morgan fingerprint density at radius 1 is 0.943 bits per heavy atom. The van der Waals surface area contributed by atoms with Crippen molar-refractivity contribution in [1.29, 1.82) is 0 Å². The van der Waals surface area contributed by atoms with Crippen molar-refractivity contribution in [3.63, 3.8) is 0 Å². The first-order valence-corrected chi connectivity index (χ1v) is 13.2. The molecule has 0 aromatic rings. The van der Waals surface area contributed by atoms with Crippen molar-refractivity contribution in [2.75, 3.05) is 6.61 Å². The molecule has 4 saturated carbocycles. The summed E-state index contributed by atoms with van der Waals surface area (Å²) in [4.78, 5) is 45.1. The number of carboxylic acids is 1. The minimum Gasteiger partial charge on any atom is -0.475 e. The summed E-state index contributed by atoms with van der Waals surface area (Å²) in [6.45, 7) is 6.21. The van der Waals surface area contributed by atoms with Crippen LogP contribution in [-0.2, 0) is 28.7 Å².